The van der Waals surface area contributed by atoms with E-state index in [9.17, 15) is 4.79 Å². The lowest BCUT2D eigenvalue weighted by Gasteiger charge is -2.22. The largest absolute Gasteiger partial charge is 0.396 e. The maximum absolute atomic E-state index is 12.5. The fourth-order valence-electron chi connectivity index (χ4n) is 1.98. The molecule has 0 saturated carbocycles. The summed E-state index contributed by atoms with van der Waals surface area (Å²) in [6, 6.07) is 5.95. The quantitative estimate of drug-likeness (QED) is 0.808. The Balaban J connectivity index is 2.75. The van der Waals surface area contributed by atoms with Gasteiger partial charge in [-0.2, -0.15) is 0 Å². The van der Waals surface area contributed by atoms with Crippen molar-refractivity contribution in [3.63, 3.8) is 0 Å². The zero-order valence-electron chi connectivity index (χ0n) is 13.6. The minimum atomic E-state index is -0.0982. The monoisotopic (exact) mass is 309 g/mol. The summed E-state index contributed by atoms with van der Waals surface area (Å²) in [4.78, 5) is 12.5. The van der Waals surface area contributed by atoms with Crippen molar-refractivity contribution in [1.82, 2.24) is 0 Å². The van der Waals surface area contributed by atoms with Crippen LogP contribution in [0.15, 0.2) is 18.2 Å². The number of hydrogen-bond acceptors (Lipinski definition) is 3. The second kappa shape index (κ2) is 8.44. The van der Waals surface area contributed by atoms with Gasteiger partial charge in [0.05, 0.1) is 5.25 Å². The molecule has 0 fully saturated rings. The van der Waals surface area contributed by atoms with E-state index in [2.05, 4.69) is 19.2 Å². The van der Waals surface area contributed by atoms with E-state index in [0.29, 0.717) is 0 Å². The van der Waals surface area contributed by atoms with Crippen LogP contribution in [0.4, 0.5) is 5.69 Å². The van der Waals surface area contributed by atoms with Crippen molar-refractivity contribution in [1.29, 1.82) is 0 Å². The van der Waals surface area contributed by atoms with Gasteiger partial charge in [0.25, 0.3) is 0 Å². The Labute approximate surface area is 132 Å². The molecule has 1 aromatic carbocycles. The number of aryl methyl sites for hydroxylation is 1. The number of anilines is 1. The van der Waals surface area contributed by atoms with Gasteiger partial charge in [0.15, 0.2) is 0 Å². The Hall–Kier alpha value is -1.00. The molecule has 0 aliphatic rings. The van der Waals surface area contributed by atoms with Crippen LogP contribution < -0.4 is 5.32 Å². The third-order valence-electron chi connectivity index (χ3n) is 3.60. The molecule has 4 heteroatoms. The van der Waals surface area contributed by atoms with Crippen molar-refractivity contribution in [2.45, 2.75) is 39.9 Å². The first-order chi connectivity index (χ1) is 9.86. The van der Waals surface area contributed by atoms with Gasteiger partial charge in [-0.3, -0.25) is 4.79 Å². The van der Waals surface area contributed by atoms with Crippen LogP contribution in [0.25, 0.3) is 0 Å². The highest BCUT2D eigenvalue weighted by molar-refractivity contribution is 8.00. The smallest absolute Gasteiger partial charge is 0.237 e. The molecule has 0 radical (unpaired) electrons. The normalized spacial score (nSPS) is 14.0. The second-order valence-electron chi connectivity index (χ2n) is 6.02. The van der Waals surface area contributed by atoms with Crippen LogP contribution >= 0.6 is 11.8 Å². The Bertz CT molecular complexity index is 474. The van der Waals surface area contributed by atoms with Gasteiger partial charge in [-0.1, -0.05) is 32.9 Å². The number of aliphatic hydroxyl groups is 1. The molecule has 118 valence electrons. The Morgan fingerprint density at radius 1 is 1.29 bits per heavy atom. The first kappa shape index (κ1) is 18.1. The first-order valence-electron chi connectivity index (χ1n) is 7.46. The summed E-state index contributed by atoms with van der Waals surface area (Å²) in [5.74, 6) is 1.31. The fourth-order valence-corrected chi connectivity index (χ4v) is 3.22. The average Bonchev–Trinajstić information content (AvgIpc) is 2.43. The minimum Gasteiger partial charge on any atom is -0.396 e. The number of nitrogens with one attached hydrogen (secondary N) is 1. The lowest BCUT2D eigenvalue weighted by atomic mass is 10.1. The predicted octanol–water partition coefficient (Wildman–Crippen LogP) is 3.63. The van der Waals surface area contributed by atoms with Gasteiger partial charge in [-0.25, -0.2) is 0 Å². The average molecular weight is 309 g/mol. The molecular formula is C17H27NO2S. The minimum absolute atomic E-state index is 0.0499. The Morgan fingerprint density at radius 3 is 2.52 bits per heavy atom. The van der Waals surface area contributed by atoms with Gasteiger partial charge >= 0.3 is 0 Å². The van der Waals surface area contributed by atoms with E-state index in [0.717, 1.165) is 17.0 Å². The highest BCUT2D eigenvalue weighted by Crippen LogP contribution is 2.25. The summed E-state index contributed by atoms with van der Waals surface area (Å²) >= 11 is 1.63. The van der Waals surface area contributed by atoms with Crippen molar-refractivity contribution in [3.8, 4) is 0 Å². The number of rotatable bonds is 7. The topological polar surface area (TPSA) is 49.3 Å². The summed E-state index contributed by atoms with van der Waals surface area (Å²) in [5, 5.41) is 12.1. The van der Waals surface area contributed by atoms with Crippen molar-refractivity contribution in [3.05, 3.63) is 29.3 Å². The van der Waals surface area contributed by atoms with Crippen molar-refractivity contribution < 1.29 is 9.90 Å². The highest BCUT2D eigenvalue weighted by atomic mass is 32.2. The van der Waals surface area contributed by atoms with Gasteiger partial charge in [0.1, 0.15) is 0 Å². The van der Waals surface area contributed by atoms with Crippen molar-refractivity contribution in [2.24, 2.45) is 11.8 Å². The van der Waals surface area contributed by atoms with Gasteiger partial charge < -0.3 is 10.4 Å². The molecule has 0 saturated heterocycles. The highest BCUT2D eigenvalue weighted by Gasteiger charge is 2.24. The summed E-state index contributed by atoms with van der Waals surface area (Å²) in [5.41, 5.74) is 3.18. The molecule has 1 amide bonds. The van der Waals surface area contributed by atoms with Crippen LogP contribution in [0, 0.1) is 25.7 Å². The summed E-state index contributed by atoms with van der Waals surface area (Å²) in [7, 11) is 0. The molecule has 0 heterocycles. The van der Waals surface area contributed by atoms with E-state index in [-0.39, 0.29) is 29.6 Å². The van der Waals surface area contributed by atoms with E-state index < -0.39 is 0 Å². The lowest BCUT2D eigenvalue weighted by molar-refractivity contribution is -0.116. The van der Waals surface area contributed by atoms with Crippen LogP contribution in [-0.4, -0.2) is 28.6 Å². The zero-order chi connectivity index (χ0) is 16.0. The fraction of sp³-hybridized carbons (Fsp3) is 0.588. The third kappa shape index (κ3) is 5.36. The molecule has 2 N–H and O–H groups in total. The van der Waals surface area contributed by atoms with Crippen molar-refractivity contribution >= 4 is 23.4 Å². The zero-order valence-corrected chi connectivity index (χ0v) is 14.5. The predicted molar refractivity (Wildman–Crippen MR) is 91.9 cm³/mol. The molecule has 0 aliphatic heterocycles. The molecule has 1 aromatic rings. The maximum Gasteiger partial charge on any atom is 0.237 e. The molecule has 21 heavy (non-hydrogen) atoms. The number of carbonyl (C=O) groups is 1. The Kier molecular flexibility index (Phi) is 7.26. The Morgan fingerprint density at radius 2 is 1.95 bits per heavy atom. The number of carbonyl (C=O) groups excluding carboxylic acids is 1. The van der Waals surface area contributed by atoms with Gasteiger partial charge in [-0.05, 0) is 48.6 Å². The standard InChI is InChI=1S/C17H27NO2S/c1-11(2)16(21-10-12(3)9-19)17(20)18-15-8-6-7-13(4)14(15)5/h6-8,11-12,16,19H,9-10H2,1-5H3,(H,18,20). The van der Waals surface area contributed by atoms with Crippen LogP contribution in [0.3, 0.4) is 0 Å². The molecule has 0 aromatic heterocycles. The summed E-state index contributed by atoms with van der Waals surface area (Å²) < 4.78 is 0. The molecule has 2 unspecified atom stereocenters. The number of benzene rings is 1. The lowest BCUT2D eigenvalue weighted by Crippen LogP contribution is -2.31. The SMILES string of the molecule is Cc1cccc(NC(=O)C(SCC(C)CO)C(C)C)c1C. The molecule has 2 atom stereocenters. The third-order valence-corrected chi connectivity index (χ3v) is 5.48. The van der Waals surface area contributed by atoms with Gasteiger partial charge in [0, 0.05) is 12.3 Å². The first-order valence-corrected chi connectivity index (χ1v) is 8.51. The molecule has 0 aliphatic carbocycles. The van der Waals surface area contributed by atoms with Gasteiger partial charge in [0.2, 0.25) is 5.91 Å². The molecule has 0 spiro atoms. The van der Waals surface area contributed by atoms with Crippen LogP contribution in [0.5, 0.6) is 0 Å². The van der Waals surface area contributed by atoms with E-state index in [1.165, 1.54) is 5.56 Å². The molecule has 0 bridgehead atoms. The van der Waals surface area contributed by atoms with Crippen LogP contribution in [0.2, 0.25) is 0 Å². The van der Waals surface area contributed by atoms with E-state index in [1.54, 1.807) is 11.8 Å². The van der Waals surface area contributed by atoms with Gasteiger partial charge in [-0.15, -0.1) is 11.8 Å². The number of aliphatic hydroxyl groups excluding tert-OH is 1. The summed E-state index contributed by atoms with van der Waals surface area (Å²) in [6.07, 6.45) is 0. The van der Waals surface area contributed by atoms with Crippen LogP contribution in [-0.2, 0) is 4.79 Å². The number of amides is 1. The molecular weight excluding hydrogens is 282 g/mol. The number of thioether (sulfide) groups is 1. The second-order valence-corrected chi connectivity index (χ2v) is 7.20. The van der Waals surface area contributed by atoms with Crippen molar-refractivity contribution in [2.75, 3.05) is 17.7 Å². The van der Waals surface area contributed by atoms with Crippen LogP contribution in [0.1, 0.15) is 31.9 Å². The van der Waals surface area contributed by atoms with E-state index in [4.69, 9.17) is 5.11 Å². The van der Waals surface area contributed by atoms with E-state index >= 15 is 0 Å². The molecule has 3 nitrogen and oxygen atoms in total. The maximum atomic E-state index is 12.5. The molecule has 1 rings (SSSR count). The van der Waals surface area contributed by atoms with E-state index in [1.807, 2.05) is 39.0 Å². The summed E-state index contributed by atoms with van der Waals surface area (Å²) in [6.45, 7) is 10.3. The number of hydrogen-bond donors (Lipinski definition) is 2.